The predicted octanol–water partition coefficient (Wildman–Crippen LogP) is 2.97. The molecule has 1 aromatic heterocycles. The second-order valence-corrected chi connectivity index (χ2v) is 7.89. The van der Waals surface area contributed by atoms with Gasteiger partial charge in [0.25, 0.3) is 5.91 Å². The minimum absolute atomic E-state index is 0.00818. The molecule has 3 atom stereocenters. The van der Waals surface area contributed by atoms with E-state index in [1.807, 2.05) is 29.2 Å². The first-order valence-electron chi connectivity index (χ1n) is 9.74. The molecule has 4 rings (SSSR count). The van der Waals surface area contributed by atoms with E-state index in [0.29, 0.717) is 25.2 Å². The van der Waals surface area contributed by atoms with E-state index >= 15 is 0 Å². The molecule has 0 saturated carbocycles. The number of nitrogens with one attached hydrogen (secondary N) is 1. The summed E-state index contributed by atoms with van der Waals surface area (Å²) in [5.41, 5.74) is 0.667. The van der Waals surface area contributed by atoms with Crippen molar-refractivity contribution >= 4 is 22.8 Å². The molecule has 144 valence electrons. The predicted molar refractivity (Wildman–Crippen MR) is 101 cm³/mol. The number of hydrogen-bond donors (Lipinski definition) is 1. The Morgan fingerprint density at radius 1 is 1.26 bits per heavy atom. The maximum absolute atomic E-state index is 13.2. The third-order valence-corrected chi connectivity index (χ3v) is 5.47. The maximum Gasteiger partial charge on any atom is 0.287 e. The van der Waals surface area contributed by atoms with Gasteiger partial charge in [-0.15, -0.1) is 0 Å². The number of fused-ring (bicyclic) bond motifs is 2. The Morgan fingerprint density at radius 2 is 2.07 bits per heavy atom. The molecule has 1 N–H and O–H groups in total. The van der Waals surface area contributed by atoms with Gasteiger partial charge < -0.3 is 19.4 Å². The Morgan fingerprint density at radius 3 is 2.85 bits per heavy atom. The van der Waals surface area contributed by atoms with Crippen molar-refractivity contribution < 1.29 is 18.7 Å². The first kappa shape index (κ1) is 18.0. The van der Waals surface area contributed by atoms with Crippen LogP contribution in [-0.4, -0.2) is 48.1 Å². The van der Waals surface area contributed by atoms with E-state index in [9.17, 15) is 9.59 Å². The fourth-order valence-electron chi connectivity index (χ4n) is 4.19. The Balaban J connectivity index is 1.51. The van der Waals surface area contributed by atoms with Crippen LogP contribution in [0, 0.1) is 5.92 Å². The number of para-hydroxylation sites is 1. The lowest BCUT2D eigenvalue weighted by molar-refractivity contribution is -0.134. The quantitative estimate of drug-likeness (QED) is 0.878. The van der Waals surface area contributed by atoms with Gasteiger partial charge in [-0.1, -0.05) is 32.0 Å². The fourth-order valence-corrected chi connectivity index (χ4v) is 4.19. The largest absolute Gasteiger partial charge is 0.451 e. The molecule has 0 unspecified atom stereocenters. The zero-order valence-electron chi connectivity index (χ0n) is 15.8. The van der Waals surface area contributed by atoms with Crippen LogP contribution in [0.15, 0.2) is 34.7 Å². The molecular formula is C21H26N2O4. The molecule has 2 amide bonds. The van der Waals surface area contributed by atoms with Gasteiger partial charge in [-0.25, -0.2) is 0 Å². The summed E-state index contributed by atoms with van der Waals surface area (Å²) in [5.74, 6) is 0.171. The molecule has 1 aromatic carbocycles. The molecule has 3 heterocycles. The summed E-state index contributed by atoms with van der Waals surface area (Å²) in [6, 6.07) is 8.81. The van der Waals surface area contributed by atoms with Crippen LogP contribution in [0.2, 0.25) is 0 Å². The number of amides is 2. The van der Waals surface area contributed by atoms with Crippen LogP contribution < -0.4 is 5.32 Å². The number of benzene rings is 1. The highest BCUT2D eigenvalue weighted by atomic mass is 16.5. The van der Waals surface area contributed by atoms with Crippen molar-refractivity contribution in [3.63, 3.8) is 0 Å². The average Bonchev–Trinajstić information content (AvgIpc) is 3.34. The van der Waals surface area contributed by atoms with Gasteiger partial charge in [0.2, 0.25) is 5.91 Å². The lowest BCUT2D eigenvalue weighted by Gasteiger charge is -2.29. The van der Waals surface area contributed by atoms with E-state index in [1.165, 1.54) is 0 Å². The summed E-state index contributed by atoms with van der Waals surface area (Å²) in [7, 11) is 0. The van der Waals surface area contributed by atoms with Crippen molar-refractivity contribution in [2.45, 2.75) is 51.3 Å². The van der Waals surface area contributed by atoms with Crippen LogP contribution in [0.5, 0.6) is 0 Å². The Kier molecular flexibility index (Phi) is 4.91. The number of carbonyl (C=O) groups is 2. The van der Waals surface area contributed by atoms with Gasteiger partial charge in [0.15, 0.2) is 5.76 Å². The van der Waals surface area contributed by atoms with Crippen molar-refractivity contribution in [1.82, 2.24) is 10.2 Å². The monoisotopic (exact) mass is 370 g/mol. The summed E-state index contributed by atoms with van der Waals surface area (Å²) in [4.78, 5) is 27.8. The highest BCUT2D eigenvalue weighted by Crippen LogP contribution is 2.30. The molecular weight excluding hydrogens is 344 g/mol. The molecule has 2 aliphatic rings. The van der Waals surface area contributed by atoms with Crippen molar-refractivity contribution in [3.8, 4) is 0 Å². The third kappa shape index (κ3) is 3.58. The average molecular weight is 370 g/mol. The smallest absolute Gasteiger partial charge is 0.287 e. The maximum atomic E-state index is 13.2. The Bertz CT molecular complexity index is 811. The number of rotatable bonds is 5. The molecule has 2 fully saturated rings. The number of ether oxygens (including phenoxy) is 1. The molecule has 2 saturated heterocycles. The zero-order chi connectivity index (χ0) is 19.0. The topological polar surface area (TPSA) is 71.8 Å². The van der Waals surface area contributed by atoms with Gasteiger partial charge in [-0.05, 0) is 37.3 Å². The summed E-state index contributed by atoms with van der Waals surface area (Å²) < 4.78 is 11.4. The van der Waals surface area contributed by atoms with Gasteiger partial charge in [0, 0.05) is 18.5 Å². The molecule has 6 heteroatoms. The van der Waals surface area contributed by atoms with Crippen LogP contribution in [-0.2, 0) is 9.53 Å². The highest BCUT2D eigenvalue weighted by Gasteiger charge is 2.43. The van der Waals surface area contributed by atoms with Gasteiger partial charge >= 0.3 is 0 Å². The molecule has 27 heavy (non-hydrogen) atoms. The van der Waals surface area contributed by atoms with Crippen LogP contribution in [0.1, 0.15) is 43.7 Å². The minimum atomic E-state index is -0.551. The van der Waals surface area contributed by atoms with Crippen molar-refractivity contribution in [2.75, 3.05) is 13.2 Å². The van der Waals surface area contributed by atoms with Gasteiger partial charge in [-0.3, -0.25) is 9.59 Å². The van der Waals surface area contributed by atoms with E-state index in [2.05, 4.69) is 19.2 Å². The van der Waals surface area contributed by atoms with Crippen LogP contribution in [0.3, 0.4) is 0 Å². The summed E-state index contributed by atoms with van der Waals surface area (Å²) in [6.07, 6.45) is 2.50. The van der Waals surface area contributed by atoms with Crippen LogP contribution in [0.4, 0.5) is 0 Å². The Hall–Kier alpha value is -2.34. The number of carbonyl (C=O) groups excluding carboxylic acids is 2. The first-order valence-corrected chi connectivity index (χ1v) is 9.74. The summed E-state index contributed by atoms with van der Waals surface area (Å²) in [6.45, 7) is 5.51. The molecule has 2 aromatic rings. The van der Waals surface area contributed by atoms with Crippen molar-refractivity contribution in [2.24, 2.45) is 5.92 Å². The van der Waals surface area contributed by atoms with Crippen LogP contribution in [0.25, 0.3) is 11.0 Å². The number of furan rings is 1. The number of hydrogen-bond acceptors (Lipinski definition) is 4. The fraction of sp³-hybridized carbons (Fsp3) is 0.524. The zero-order valence-corrected chi connectivity index (χ0v) is 15.8. The van der Waals surface area contributed by atoms with Gasteiger partial charge in [0.1, 0.15) is 11.6 Å². The number of likely N-dealkylation sites (tertiary alicyclic amines) is 1. The van der Waals surface area contributed by atoms with Crippen molar-refractivity contribution in [1.29, 1.82) is 0 Å². The van der Waals surface area contributed by atoms with E-state index < -0.39 is 6.04 Å². The summed E-state index contributed by atoms with van der Waals surface area (Å²) >= 11 is 0. The van der Waals surface area contributed by atoms with Gasteiger partial charge in [-0.2, -0.15) is 0 Å². The molecule has 0 aliphatic carbocycles. The Labute approximate surface area is 158 Å². The molecule has 6 nitrogen and oxygen atoms in total. The van der Waals surface area contributed by atoms with E-state index in [0.717, 1.165) is 18.2 Å². The third-order valence-electron chi connectivity index (χ3n) is 5.47. The SMILES string of the molecule is CC(C)C[C@H](NC(=O)c1cc2ccccc2o1)C(=O)N1CC[C@H]2OCC[C@H]21. The molecule has 0 radical (unpaired) electrons. The highest BCUT2D eigenvalue weighted by molar-refractivity contribution is 5.98. The number of nitrogens with zero attached hydrogens (tertiary/aromatic N) is 1. The van der Waals surface area contributed by atoms with Crippen molar-refractivity contribution in [3.05, 3.63) is 36.1 Å². The van der Waals surface area contributed by atoms with E-state index in [-0.39, 0.29) is 35.6 Å². The lowest BCUT2D eigenvalue weighted by Crippen LogP contribution is -2.51. The normalized spacial score (nSPS) is 23.0. The minimum Gasteiger partial charge on any atom is -0.451 e. The standard InChI is InChI=1S/C21H26N2O4/c1-13(2)11-15(21(25)23-9-7-18-16(23)8-10-26-18)22-20(24)19-12-14-5-3-4-6-17(14)27-19/h3-6,12-13,15-16,18H,7-11H2,1-2H3,(H,22,24)/t15-,16+,18+/m0/s1. The van der Waals surface area contributed by atoms with Crippen LogP contribution >= 0.6 is 0 Å². The second-order valence-electron chi connectivity index (χ2n) is 7.89. The van der Waals surface area contributed by atoms with E-state index in [1.54, 1.807) is 6.07 Å². The lowest BCUT2D eigenvalue weighted by atomic mass is 10.0. The molecule has 0 spiro atoms. The van der Waals surface area contributed by atoms with E-state index in [4.69, 9.17) is 9.15 Å². The van der Waals surface area contributed by atoms with Gasteiger partial charge in [0.05, 0.1) is 12.1 Å². The summed E-state index contributed by atoms with van der Waals surface area (Å²) in [5, 5.41) is 3.79. The first-order chi connectivity index (χ1) is 13.0. The second kappa shape index (κ2) is 7.35. The molecule has 0 bridgehead atoms. The molecule has 2 aliphatic heterocycles.